The molecular formula is C59H64N4O12. The lowest BCUT2D eigenvalue weighted by molar-refractivity contribution is -0.149. The average molecular weight is 1020 g/mol. The summed E-state index contributed by atoms with van der Waals surface area (Å²) >= 11 is 0. The van der Waals surface area contributed by atoms with Crippen molar-refractivity contribution < 1.29 is 57.6 Å². The van der Waals surface area contributed by atoms with Gasteiger partial charge in [0.05, 0.1) is 0 Å². The molecule has 3 atom stereocenters. The van der Waals surface area contributed by atoms with Gasteiger partial charge in [0.2, 0.25) is 5.91 Å². The lowest BCUT2D eigenvalue weighted by Crippen LogP contribution is -2.53. The van der Waals surface area contributed by atoms with Crippen molar-refractivity contribution in [3.05, 3.63) is 197 Å². The van der Waals surface area contributed by atoms with Crippen LogP contribution in [0, 0.1) is 6.92 Å². The van der Waals surface area contributed by atoms with Crippen LogP contribution in [0.25, 0.3) is 11.1 Å². The maximum absolute atomic E-state index is 14.3. The molecule has 0 aliphatic carbocycles. The summed E-state index contributed by atoms with van der Waals surface area (Å²) in [5.74, 6) is -2.30. The molecule has 0 aliphatic heterocycles. The Hall–Kier alpha value is -8.66. The van der Waals surface area contributed by atoms with Crippen molar-refractivity contribution in [1.82, 2.24) is 21.3 Å². The molecule has 0 unspecified atom stereocenters. The Labute approximate surface area is 437 Å². The summed E-state index contributed by atoms with van der Waals surface area (Å²) in [6.45, 7) is 7.17. The highest BCUT2D eigenvalue weighted by Gasteiger charge is 2.30. The summed E-state index contributed by atoms with van der Waals surface area (Å²) in [7, 11) is 0. The lowest BCUT2D eigenvalue weighted by atomic mass is 9.93. The highest BCUT2D eigenvalue weighted by atomic mass is 16.6. The largest absolute Gasteiger partial charge is 0.489 e. The summed E-state index contributed by atoms with van der Waals surface area (Å²) in [6.07, 6.45) is -2.32. The van der Waals surface area contributed by atoms with Crippen LogP contribution in [0.5, 0.6) is 5.75 Å². The van der Waals surface area contributed by atoms with Crippen molar-refractivity contribution >= 4 is 36.1 Å². The van der Waals surface area contributed by atoms with Crippen LogP contribution in [0.4, 0.5) is 14.4 Å². The fraction of sp³-hybridized carbons (Fsp3) is 0.288. The number of carboxylic acids is 1. The third-order valence-electron chi connectivity index (χ3n) is 11.6. The Balaban J connectivity index is 1.24. The number of esters is 1. The van der Waals surface area contributed by atoms with Crippen molar-refractivity contribution in [3.63, 3.8) is 0 Å². The van der Waals surface area contributed by atoms with Gasteiger partial charge in [-0.05, 0) is 103 Å². The molecule has 392 valence electrons. The molecule has 0 saturated carbocycles. The van der Waals surface area contributed by atoms with Gasteiger partial charge in [-0.15, -0.1) is 0 Å². The van der Waals surface area contributed by atoms with Crippen LogP contribution < -0.4 is 26.0 Å². The number of carbonyl (C=O) groups excluding carboxylic acids is 5. The normalized spacial score (nSPS) is 12.2. The van der Waals surface area contributed by atoms with Gasteiger partial charge in [0.1, 0.15) is 55.9 Å². The number of benzene rings is 6. The second-order valence-electron chi connectivity index (χ2n) is 18.7. The first kappa shape index (κ1) is 55.7. The molecular weight excluding hydrogens is 957 g/mol. The predicted molar refractivity (Wildman–Crippen MR) is 281 cm³/mol. The first-order valence-corrected chi connectivity index (χ1v) is 24.6. The molecule has 4 amide bonds. The molecule has 0 saturated heterocycles. The third-order valence-corrected chi connectivity index (χ3v) is 11.6. The second-order valence-corrected chi connectivity index (χ2v) is 18.7. The number of alkyl carbamates (subject to hydrolysis) is 3. The molecule has 75 heavy (non-hydrogen) atoms. The first-order chi connectivity index (χ1) is 36.1. The smallest absolute Gasteiger partial charge is 0.408 e. The van der Waals surface area contributed by atoms with E-state index < -0.39 is 59.9 Å². The third kappa shape index (κ3) is 19.0. The van der Waals surface area contributed by atoms with Crippen molar-refractivity contribution in [2.45, 2.75) is 104 Å². The van der Waals surface area contributed by atoms with Crippen molar-refractivity contribution in [2.75, 3.05) is 6.54 Å². The number of hydrogen-bond donors (Lipinski definition) is 5. The number of carbonyl (C=O) groups is 6. The number of aliphatic carboxylic acids is 1. The summed E-state index contributed by atoms with van der Waals surface area (Å²) in [4.78, 5) is 79.7. The zero-order valence-electron chi connectivity index (χ0n) is 42.5. The van der Waals surface area contributed by atoms with Crippen LogP contribution in [-0.2, 0) is 72.6 Å². The summed E-state index contributed by atoms with van der Waals surface area (Å²) < 4.78 is 28.2. The maximum atomic E-state index is 14.3. The van der Waals surface area contributed by atoms with Gasteiger partial charge in [-0.3, -0.25) is 4.79 Å². The molecule has 0 radical (unpaired) electrons. The van der Waals surface area contributed by atoms with E-state index >= 15 is 0 Å². The Morgan fingerprint density at radius 3 is 1.55 bits per heavy atom. The highest BCUT2D eigenvalue weighted by Crippen LogP contribution is 2.31. The molecule has 0 spiro atoms. The van der Waals surface area contributed by atoms with Crippen LogP contribution in [0.1, 0.15) is 72.6 Å². The lowest BCUT2D eigenvalue weighted by Gasteiger charge is -2.25. The minimum absolute atomic E-state index is 0.0335. The van der Waals surface area contributed by atoms with Crippen LogP contribution in [0.2, 0.25) is 0 Å². The van der Waals surface area contributed by atoms with E-state index in [0.29, 0.717) is 28.0 Å². The molecule has 6 aromatic rings. The average Bonchev–Trinajstić information content (AvgIpc) is 3.40. The minimum atomic E-state index is -1.39. The maximum Gasteiger partial charge on any atom is 0.408 e. The molecule has 6 aromatic carbocycles. The van der Waals surface area contributed by atoms with E-state index in [0.717, 1.165) is 27.8 Å². The number of rotatable bonds is 24. The predicted octanol–water partition coefficient (Wildman–Crippen LogP) is 9.53. The van der Waals surface area contributed by atoms with Gasteiger partial charge in [0, 0.05) is 19.4 Å². The molecule has 16 nitrogen and oxygen atoms in total. The summed E-state index contributed by atoms with van der Waals surface area (Å²) in [6, 6.07) is 43.9. The topological polar surface area (TPSA) is 217 Å². The van der Waals surface area contributed by atoms with Crippen molar-refractivity contribution in [3.8, 4) is 16.9 Å². The van der Waals surface area contributed by atoms with Crippen LogP contribution in [0.15, 0.2) is 158 Å². The molecule has 6 rings (SSSR count). The number of ether oxygens (including phenoxy) is 5. The number of aryl methyl sites for hydroxylation is 1. The number of hydrogen-bond acceptors (Lipinski definition) is 11. The van der Waals surface area contributed by atoms with E-state index in [-0.39, 0.29) is 58.7 Å². The molecule has 0 aliphatic rings. The van der Waals surface area contributed by atoms with E-state index in [9.17, 15) is 33.9 Å². The fourth-order valence-electron chi connectivity index (χ4n) is 7.70. The Morgan fingerprint density at radius 1 is 0.520 bits per heavy atom. The first-order valence-electron chi connectivity index (χ1n) is 24.6. The van der Waals surface area contributed by atoms with Gasteiger partial charge < -0.3 is 50.1 Å². The second kappa shape index (κ2) is 28.0. The van der Waals surface area contributed by atoms with Gasteiger partial charge >= 0.3 is 30.2 Å². The van der Waals surface area contributed by atoms with Gasteiger partial charge in [-0.2, -0.15) is 0 Å². The van der Waals surface area contributed by atoms with Crippen molar-refractivity contribution in [2.24, 2.45) is 0 Å². The van der Waals surface area contributed by atoms with Crippen molar-refractivity contribution in [1.29, 1.82) is 0 Å². The van der Waals surface area contributed by atoms with Crippen LogP contribution >= 0.6 is 0 Å². The molecule has 0 bridgehead atoms. The van der Waals surface area contributed by atoms with E-state index in [4.69, 9.17) is 23.7 Å². The monoisotopic (exact) mass is 1020 g/mol. The Bertz CT molecular complexity index is 2830. The van der Waals surface area contributed by atoms with E-state index in [1.54, 1.807) is 69.3 Å². The zero-order valence-corrected chi connectivity index (χ0v) is 42.5. The van der Waals surface area contributed by atoms with Gasteiger partial charge in [-0.25, -0.2) is 24.0 Å². The zero-order chi connectivity index (χ0) is 53.6. The van der Waals surface area contributed by atoms with E-state index in [2.05, 4.69) is 21.3 Å². The Morgan fingerprint density at radius 2 is 1.00 bits per heavy atom. The summed E-state index contributed by atoms with van der Waals surface area (Å²) in [5.41, 5.74) is 5.57. The van der Waals surface area contributed by atoms with Crippen LogP contribution in [0.3, 0.4) is 0 Å². The number of nitrogens with one attached hydrogen (secondary N) is 4. The number of amides is 4. The standard InChI is InChI=1S/C59H64N4O12/c1-40-27-28-45(46-29-30-52(71-36-41-18-9-5-10-19-41)48(33-46)35-50(54(65)66)63-57(69)74-39-44-24-15-8-16-25-44)32-47(40)34-51(55(67)72-37-42-20-11-6-12-21-42)61-53(64)49(62-58(70)75-59(2,3)4)26-17-31-60-56(68)73-38-43-22-13-7-14-23-43/h5-16,18-25,27-30,32-33,49-51H,17,26,31,34-39H2,1-4H3,(H,60,68)(H,61,64)(H,62,70)(H,63,69)(H,65,66)/t49-,50-,51-/m0/s1. The molecule has 0 aromatic heterocycles. The SMILES string of the molecule is Cc1ccc(-c2ccc(OCc3ccccc3)c(C[C@H](NC(=O)OCc3ccccc3)C(=O)O)c2)cc1C[C@H](NC(=O)[C@H](CCCNC(=O)OCc1ccccc1)NC(=O)OC(C)(C)C)C(=O)OCc1ccccc1. The highest BCUT2D eigenvalue weighted by molar-refractivity contribution is 5.90. The van der Waals surface area contributed by atoms with Crippen LogP contribution in [-0.4, -0.2) is 71.5 Å². The summed E-state index contributed by atoms with van der Waals surface area (Å²) in [5, 5.41) is 21.0. The minimum Gasteiger partial charge on any atom is -0.489 e. The fourth-order valence-corrected chi connectivity index (χ4v) is 7.70. The van der Waals surface area contributed by atoms with Gasteiger partial charge in [0.25, 0.3) is 0 Å². The van der Waals surface area contributed by atoms with E-state index in [1.165, 1.54) is 0 Å². The Kier molecular flexibility index (Phi) is 20.8. The molecule has 5 N–H and O–H groups in total. The van der Waals surface area contributed by atoms with Gasteiger partial charge in [0.15, 0.2) is 0 Å². The quantitative estimate of drug-likeness (QED) is 0.0218. The molecule has 16 heteroatoms. The van der Waals surface area contributed by atoms with E-state index in [1.807, 2.05) is 116 Å². The molecule has 0 fully saturated rings. The van der Waals surface area contributed by atoms with Gasteiger partial charge in [-0.1, -0.05) is 146 Å². The number of carboxylic acid groups (broad SMARTS) is 1. The molecule has 0 heterocycles.